The average Bonchev–Trinajstić information content (AvgIpc) is 3.59. The van der Waals surface area contributed by atoms with E-state index in [-0.39, 0.29) is 24.7 Å². The molecule has 0 spiro atoms. The second-order valence-electron chi connectivity index (χ2n) is 9.04. The van der Waals surface area contributed by atoms with Crippen molar-refractivity contribution in [2.75, 3.05) is 53.8 Å². The maximum atomic E-state index is 13.5. The van der Waals surface area contributed by atoms with Crippen LogP contribution in [0.1, 0.15) is 33.6 Å². The van der Waals surface area contributed by atoms with Crippen molar-refractivity contribution < 1.29 is 33.3 Å². The van der Waals surface area contributed by atoms with E-state index in [1.54, 1.807) is 55.5 Å². The van der Waals surface area contributed by atoms with Crippen molar-refractivity contribution in [3.05, 3.63) is 47.5 Å². The second-order valence-corrected chi connectivity index (χ2v) is 9.04. The topological polar surface area (TPSA) is 86.8 Å². The molecule has 2 aliphatic heterocycles. The number of rotatable bonds is 8. The van der Waals surface area contributed by atoms with E-state index in [1.807, 2.05) is 4.90 Å². The Morgan fingerprint density at radius 2 is 1.74 bits per heavy atom. The van der Waals surface area contributed by atoms with Crippen molar-refractivity contribution in [3.63, 3.8) is 0 Å². The molecule has 0 N–H and O–H groups in total. The molecule has 9 heteroatoms. The van der Waals surface area contributed by atoms with Gasteiger partial charge in [0.2, 0.25) is 6.79 Å². The third-order valence-corrected chi connectivity index (χ3v) is 6.56. The number of fused-ring (bicyclic) bond motifs is 1. The molecule has 186 valence electrons. The van der Waals surface area contributed by atoms with Crippen molar-refractivity contribution >= 4 is 11.8 Å². The molecule has 2 amide bonds. The number of methoxy groups -OCH3 is 2. The molecule has 9 nitrogen and oxygen atoms in total. The summed E-state index contributed by atoms with van der Waals surface area (Å²) >= 11 is 0. The first kappa shape index (κ1) is 23.3. The predicted molar refractivity (Wildman–Crippen MR) is 126 cm³/mol. The van der Waals surface area contributed by atoms with Crippen LogP contribution >= 0.6 is 0 Å². The number of hydrogen-bond donors (Lipinski definition) is 0. The van der Waals surface area contributed by atoms with Crippen LogP contribution in [0.15, 0.2) is 36.4 Å². The minimum Gasteiger partial charge on any atom is -0.493 e. The summed E-state index contributed by atoms with van der Waals surface area (Å²) in [5, 5.41) is 0. The quantitative estimate of drug-likeness (QED) is 0.572. The molecule has 1 saturated carbocycles. The Bertz CT molecular complexity index is 1100. The van der Waals surface area contributed by atoms with Crippen LogP contribution in [-0.4, -0.2) is 81.5 Å². The van der Waals surface area contributed by atoms with Crippen LogP contribution in [0.25, 0.3) is 0 Å². The van der Waals surface area contributed by atoms with E-state index in [0.717, 1.165) is 12.8 Å². The van der Waals surface area contributed by atoms with Crippen LogP contribution in [-0.2, 0) is 4.74 Å². The highest BCUT2D eigenvalue weighted by Crippen LogP contribution is 2.34. The fourth-order valence-electron chi connectivity index (χ4n) is 4.48. The molecular weight excluding hydrogens is 452 g/mol. The lowest BCUT2D eigenvalue weighted by atomic mass is 10.1. The summed E-state index contributed by atoms with van der Waals surface area (Å²) in [6.45, 7) is 2.57. The van der Waals surface area contributed by atoms with Crippen LogP contribution in [0, 0.1) is 5.92 Å². The molecule has 1 atom stereocenters. The first-order valence-electron chi connectivity index (χ1n) is 11.9. The van der Waals surface area contributed by atoms with Crippen molar-refractivity contribution in [3.8, 4) is 23.0 Å². The van der Waals surface area contributed by atoms with Crippen molar-refractivity contribution in [2.45, 2.75) is 18.9 Å². The van der Waals surface area contributed by atoms with E-state index in [4.69, 9.17) is 23.7 Å². The summed E-state index contributed by atoms with van der Waals surface area (Å²) in [5.41, 5.74) is 1.08. The predicted octanol–water partition coefficient (Wildman–Crippen LogP) is 2.83. The van der Waals surface area contributed by atoms with Gasteiger partial charge in [-0.1, -0.05) is 0 Å². The zero-order valence-corrected chi connectivity index (χ0v) is 20.0. The fourth-order valence-corrected chi connectivity index (χ4v) is 4.48. The van der Waals surface area contributed by atoms with E-state index < -0.39 is 0 Å². The Morgan fingerprint density at radius 3 is 2.51 bits per heavy atom. The minimum atomic E-state index is -0.274. The lowest BCUT2D eigenvalue weighted by molar-refractivity contribution is -0.0335. The molecule has 2 heterocycles. The Morgan fingerprint density at radius 1 is 0.971 bits per heavy atom. The monoisotopic (exact) mass is 482 g/mol. The second kappa shape index (κ2) is 10.0. The highest BCUT2D eigenvalue weighted by molar-refractivity contribution is 5.96. The molecule has 0 bridgehead atoms. The SMILES string of the molecule is COc1ccc(C(=O)N(CC2CC2)CC2CN(C(=O)c3ccc4c(c3)OCO4)CCO2)cc1OC. The molecule has 3 aliphatic rings. The maximum Gasteiger partial charge on any atom is 0.254 e. The number of ether oxygens (including phenoxy) is 5. The van der Waals surface area contributed by atoms with Gasteiger partial charge in [-0.05, 0) is 55.2 Å². The number of amides is 2. The van der Waals surface area contributed by atoms with Gasteiger partial charge in [-0.25, -0.2) is 0 Å². The van der Waals surface area contributed by atoms with Gasteiger partial charge >= 0.3 is 0 Å². The Hall–Kier alpha value is -3.46. The summed E-state index contributed by atoms with van der Waals surface area (Å²) in [7, 11) is 3.12. The molecule has 0 radical (unpaired) electrons. The normalized spacial score (nSPS) is 18.8. The smallest absolute Gasteiger partial charge is 0.254 e. The third kappa shape index (κ3) is 5.14. The molecule has 35 heavy (non-hydrogen) atoms. The van der Waals surface area contributed by atoms with E-state index in [0.29, 0.717) is 72.8 Å². The van der Waals surface area contributed by atoms with Gasteiger partial charge in [0.15, 0.2) is 23.0 Å². The molecule has 2 aromatic carbocycles. The highest BCUT2D eigenvalue weighted by atomic mass is 16.7. The van der Waals surface area contributed by atoms with E-state index in [9.17, 15) is 9.59 Å². The van der Waals surface area contributed by atoms with Crippen molar-refractivity contribution in [2.24, 2.45) is 5.92 Å². The fraction of sp³-hybridized carbons (Fsp3) is 0.462. The molecule has 2 fully saturated rings. The molecule has 2 aromatic rings. The number of morpholine rings is 1. The first-order valence-corrected chi connectivity index (χ1v) is 11.9. The molecule has 1 aliphatic carbocycles. The Kier molecular flexibility index (Phi) is 6.68. The standard InChI is InChI=1S/C26H30N2O7/c1-31-21-7-5-18(11-23(21)32-2)26(30)28(13-17-3-4-17)15-20-14-27(9-10-33-20)25(29)19-6-8-22-24(12-19)35-16-34-22/h5-8,11-12,17,20H,3-4,9-10,13-16H2,1-2H3. The van der Waals surface area contributed by atoms with Gasteiger partial charge in [0.05, 0.1) is 26.9 Å². The van der Waals surface area contributed by atoms with Gasteiger partial charge < -0.3 is 33.5 Å². The number of benzene rings is 2. The molecular formula is C26H30N2O7. The van der Waals surface area contributed by atoms with Crippen LogP contribution in [0.5, 0.6) is 23.0 Å². The van der Waals surface area contributed by atoms with E-state index >= 15 is 0 Å². The summed E-state index contributed by atoms with van der Waals surface area (Å²) in [6.07, 6.45) is 1.97. The van der Waals surface area contributed by atoms with Gasteiger partial charge in [-0.15, -0.1) is 0 Å². The zero-order chi connectivity index (χ0) is 24.4. The van der Waals surface area contributed by atoms with Crippen LogP contribution in [0.4, 0.5) is 0 Å². The number of carbonyl (C=O) groups is 2. The third-order valence-electron chi connectivity index (χ3n) is 6.56. The van der Waals surface area contributed by atoms with Crippen molar-refractivity contribution in [1.82, 2.24) is 9.80 Å². The van der Waals surface area contributed by atoms with Crippen LogP contribution in [0.2, 0.25) is 0 Å². The summed E-state index contributed by atoms with van der Waals surface area (Å²) in [4.78, 5) is 30.3. The minimum absolute atomic E-state index is 0.0827. The van der Waals surface area contributed by atoms with Gasteiger partial charge in [0.1, 0.15) is 0 Å². The van der Waals surface area contributed by atoms with Gasteiger partial charge in [-0.3, -0.25) is 9.59 Å². The Labute approximate surface area is 204 Å². The van der Waals surface area contributed by atoms with Gasteiger partial charge in [0.25, 0.3) is 11.8 Å². The van der Waals surface area contributed by atoms with Crippen LogP contribution < -0.4 is 18.9 Å². The number of hydrogen-bond acceptors (Lipinski definition) is 7. The van der Waals surface area contributed by atoms with E-state index in [2.05, 4.69) is 0 Å². The Balaban J connectivity index is 1.28. The largest absolute Gasteiger partial charge is 0.493 e. The number of nitrogens with zero attached hydrogens (tertiary/aromatic N) is 2. The van der Waals surface area contributed by atoms with Crippen molar-refractivity contribution in [1.29, 1.82) is 0 Å². The molecule has 1 unspecified atom stereocenters. The summed E-state index contributed by atoms with van der Waals surface area (Å²) in [6, 6.07) is 10.4. The average molecular weight is 483 g/mol. The van der Waals surface area contributed by atoms with Gasteiger partial charge in [0, 0.05) is 37.3 Å². The maximum absolute atomic E-state index is 13.5. The zero-order valence-electron chi connectivity index (χ0n) is 20.0. The number of carbonyl (C=O) groups excluding carboxylic acids is 2. The summed E-state index contributed by atoms with van der Waals surface area (Å²) < 4.78 is 27.4. The van der Waals surface area contributed by atoms with E-state index in [1.165, 1.54) is 0 Å². The molecule has 5 rings (SSSR count). The molecule has 1 saturated heterocycles. The molecule has 0 aromatic heterocycles. The van der Waals surface area contributed by atoms with Crippen LogP contribution in [0.3, 0.4) is 0 Å². The highest BCUT2D eigenvalue weighted by Gasteiger charge is 2.32. The lowest BCUT2D eigenvalue weighted by Gasteiger charge is -2.36. The first-order chi connectivity index (χ1) is 17.1. The summed E-state index contributed by atoms with van der Waals surface area (Å²) in [5.74, 6) is 2.65. The lowest BCUT2D eigenvalue weighted by Crippen LogP contribution is -2.51. The van der Waals surface area contributed by atoms with Gasteiger partial charge in [-0.2, -0.15) is 0 Å².